The molecular formula is C13H14F3N3. The number of nitrogens with one attached hydrogen (secondary N) is 1. The van der Waals surface area contributed by atoms with E-state index < -0.39 is 17.5 Å². The second-order valence-corrected chi connectivity index (χ2v) is 4.24. The predicted octanol–water partition coefficient (Wildman–Crippen LogP) is 3.01. The molecule has 0 saturated heterocycles. The van der Waals surface area contributed by atoms with Crippen LogP contribution in [-0.2, 0) is 20.0 Å². The first-order valence-corrected chi connectivity index (χ1v) is 5.91. The van der Waals surface area contributed by atoms with Gasteiger partial charge in [-0.3, -0.25) is 4.68 Å². The quantitative estimate of drug-likeness (QED) is 0.865. The fourth-order valence-corrected chi connectivity index (χ4v) is 1.85. The number of benzene rings is 1. The molecule has 1 aromatic carbocycles. The lowest BCUT2D eigenvalue weighted by Gasteiger charge is -2.06. The van der Waals surface area contributed by atoms with Crippen molar-refractivity contribution < 1.29 is 13.2 Å². The summed E-state index contributed by atoms with van der Waals surface area (Å²) < 4.78 is 40.6. The molecule has 3 nitrogen and oxygen atoms in total. The summed E-state index contributed by atoms with van der Waals surface area (Å²) in [6.07, 6.45) is 2.53. The van der Waals surface area contributed by atoms with E-state index in [1.165, 1.54) is 0 Å². The van der Waals surface area contributed by atoms with Crippen LogP contribution >= 0.6 is 0 Å². The molecule has 19 heavy (non-hydrogen) atoms. The first-order chi connectivity index (χ1) is 9.01. The van der Waals surface area contributed by atoms with Gasteiger partial charge in [0.25, 0.3) is 0 Å². The van der Waals surface area contributed by atoms with Crippen LogP contribution < -0.4 is 5.32 Å². The highest BCUT2D eigenvalue weighted by molar-refractivity contribution is 5.46. The van der Waals surface area contributed by atoms with Gasteiger partial charge in [0.1, 0.15) is 0 Å². The molecule has 0 aliphatic carbocycles. The molecule has 2 rings (SSSR count). The van der Waals surface area contributed by atoms with Crippen LogP contribution in [0, 0.1) is 17.5 Å². The maximum Gasteiger partial charge on any atom is 0.194 e. The van der Waals surface area contributed by atoms with E-state index in [-0.39, 0.29) is 6.54 Å². The largest absolute Gasteiger partial charge is 0.378 e. The fraction of sp³-hybridized carbons (Fsp3) is 0.308. The Morgan fingerprint density at radius 2 is 1.84 bits per heavy atom. The number of anilines is 1. The highest BCUT2D eigenvalue weighted by Gasteiger charge is 2.11. The molecule has 0 aliphatic rings. The molecule has 1 N–H and O–H groups in total. The van der Waals surface area contributed by atoms with E-state index in [0.717, 1.165) is 29.9 Å². The third-order valence-electron chi connectivity index (χ3n) is 2.77. The van der Waals surface area contributed by atoms with Crippen molar-refractivity contribution in [3.8, 4) is 0 Å². The van der Waals surface area contributed by atoms with Gasteiger partial charge in [-0.25, -0.2) is 13.2 Å². The van der Waals surface area contributed by atoms with Crippen LogP contribution in [0.5, 0.6) is 0 Å². The SMILES string of the molecule is CCc1nn(C)cc1NCc1cc(F)c(F)c(F)c1. The Bertz CT molecular complexity index is 570. The molecule has 1 aromatic heterocycles. The lowest BCUT2D eigenvalue weighted by atomic mass is 10.2. The maximum atomic E-state index is 13.1. The molecule has 102 valence electrons. The van der Waals surface area contributed by atoms with Crippen LogP contribution in [0.25, 0.3) is 0 Å². The Morgan fingerprint density at radius 3 is 2.42 bits per heavy atom. The fourth-order valence-electron chi connectivity index (χ4n) is 1.85. The summed E-state index contributed by atoms with van der Waals surface area (Å²) in [5.74, 6) is -3.81. The van der Waals surface area contributed by atoms with Crippen molar-refractivity contribution in [1.29, 1.82) is 0 Å². The molecule has 2 aromatic rings. The van der Waals surface area contributed by atoms with Gasteiger partial charge < -0.3 is 5.32 Å². The first-order valence-electron chi connectivity index (χ1n) is 5.91. The van der Waals surface area contributed by atoms with E-state index in [2.05, 4.69) is 10.4 Å². The zero-order chi connectivity index (χ0) is 14.0. The average Bonchev–Trinajstić information content (AvgIpc) is 2.73. The summed E-state index contributed by atoms with van der Waals surface area (Å²) >= 11 is 0. The zero-order valence-electron chi connectivity index (χ0n) is 10.7. The van der Waals surface area contributed by atoms with Gasteiger partial charge in [0, 0.05) is 19.8 Å². The molecular weight excluding hydrogens is 255 g/mol. The first kappa shape index (κ1) is 13.5. The number of halogens is 3. The molecule has 0 bridgehead atoms. The number of rotatable bonds is 4. The van der Waals surface area contributed by atoms with E-state index >= 15 is 0 Å². The van der Waals surface area contributed by atoms with Crippen molar-refractivity contribution >= 4 is 5.69 Å². The van der Waals surface area contributed by atoms with Crippen LogP contribution in [0.2, 0.25) is 0 Å². The van der Waals surface area contributed by atoms with Crippen LogP contribution in [-0.4, -0.2) is 9.78 Å². The van der Waals surface area contributed by atoms with Crippen molar-refractivity contribution in [1.82, 2.24) is 9.78 Å². The third kappa shape index (κ3) is 2.89. The van der Waals surface area contributed by atoms with Crippen molar-refractivity contribution in [3.05, 3.63) is 47.0 Å². The minimum absolute atomic E-state index is 0.201. The lowest BCUT2D eigenvalue weighted by Crippen LogP contribution is -2.03. The second kappa shape index (κ2) is 5.34. The third-order valence-corrected chi connectivity index (χ3v) is 2.77. The number of aromatic nitrogens is 2. The van der Waals surface area contributed by atoms with Gasteiger partial charge in [0.2, 0.25) is 0 Å². The zero-order valence-corrected chi connectivity index (χ0v) is 10.7. The Balaban J connectivity index is 2.14. The number of nitrogens with zero attached hydrogens (tertiary/aromatic N) is 2. The van der Waals surface area contributed by atoms with Gasteiger partial charge in [0.05, 0.1) is 11.4 Å². The molecule has 0 aliphatic heterocycles. The van der Waals surface area contributed by atoms with Crippen molar-refractivity contribution in [2.75, 3.05) is 5.32 Å². The van der Waals surface area contributed by atoms with E-state index in [1.807, 2.05) is 6.92 Å². The van der Waals surface area contributed by atoms with E-state index in [0.29, 0.717) is 5.56 Å². The van der Waals surface area contributed by atoms with E-state index in [9.17, 15) is 13.2 Å². The van der Waals surface area contributed by atoms with Crippen molar-refractivity contribution in [3.63, 3.8) is 0 Å². The van der Waals surface area contributed by atoms with Gasteiger partial charge in [-0.2, -0.15) is 5.10 Å². The minimum atomic E-state index is -1.45. The van der Waals surface area contributed by atoms with Crippen LogP contribution in [0.1, 0.15) is 18.2 Å². The van der Waals surface area contributed by atoms with E-state index in [4.69, 9.17) is 0 Å². The van der Waals surface area contributed by atoms with Crippen LogP contribution in [0.15, 0.2) is 18.3 Å². The Labute approximate surface area is 109 Å². The van der Waals surface area contributed by atoms with Gasteiger partial charge in [-0.1, -0.05) is 6.92 Å². The standard InChI is InChI=1S/C13H14F3N3/c1-3-11-12(7-19(2)18-11)17-6-8-4-9(14)13(16)10(15)5-8/h4-5,7,17H,3,6H2,1-2H3. The summed E-state index contributed by atoms with van der Waals surface area (Å²) in [5, 5.41) is 7.27. The predicted molar refractivity (Wildman–Crippen MR) is 66.2 cm³/mol. The molecule has 0 fully saturated rings. The average molecular weight is 269 g/mol. The van der Waals surface area contributed by atoms with Gasteiger partial charge >= 0.3 is 0 Å². The molecule has 0 saturated carbocycles. The number of hydrogen-bond acceptors (Lipinski definition) is 2. The Morgan fingerprint density at radius 1 is 1.21 bits per heavy atom. The van der Waals surface area contributed by atoms with Gasteiger partial charge in [-0.15, -0.1) is 0 Å². The highest BCUT2D eigenvalue weighted by atomic mass is 19.2. The number of aryl methyl sites for hydroxylation is 2. The molecule has 0 radical (unpaired) electrons. The van der Waals surface area contributed by atoms with Crippen molar-refractivity contribution in [2.45, 2.75) is 19.9 Å². The van der Waals surface area contributed by atoms with Crippen LogP contribution in [0.3, 0.4) is 0 Å². The summed E-state index contributed by atoms with van der Waals surface area (Å²) in [6.45, 7) is 2.16. The lowest BCUT2D eigenvalue weighted by molar-refractivity contribution is 0.445. The number of hydrogen-bond donors (Lipinski definition) is 1. The van der Waals surface area contributed by atoms with Gasteiger partial charge in [0.15, 0.2) is 17.5 Å². The smallest absolute Gasteiger partial charge is 0.194 e. The molecule has 6 heteroatoms. The highest BCUT2D eigenvalue weighted by Crippen LogP contribution is 2.17. The molecule has 1 heterocycles. The second-order valence-electron chi connectivity index (χ2n) is 4.24. The van der Waals surface area contributed by atoms with Crippen molar-refractivity contribution in [2.24, 2.45) is 7.05 Å². The van der Waals surface area contributed by atoms with Crippen LogP contribution in [0.4, 0.5) is 18.9 Å². The summed E-state index contributed by atoms with van der Waals surface area (Å²) in [7, 11) is 1.79. The molecule has 0 amide bonds. The summed E-state index contributed by atoms with van der Waals surface area (Å²) in [4.78, 5) is 0. The monoisotopic (exact) mass is 269 g/mol. The van der Waals surface area contributed by atoms with E-state index in [1.54, 1.807) is 17.9 Å². The molecule has 0 unspecified atom stereocenters. The summed E-state index contributed by atoms with van der Waals surface area (Å²) in [5.41, 5.74) is 2.00. The minimum Gasteiger partial charge on any atom is -0.378 e. The topological polar surface area (TPSA) is 29.9 Å². The Hall–Kier alpha value is -1.98. The Kier molecular flexibility index (Phi) is 3.78. The van der Waals surface area contributed by atoms with Gasteiger partial charge in [-0.05, 0) is 24.1 Å². The molecule has 0 atom stereocenters. The maximum absolute atomic E-state index is 13.1. The molecule has 0 spiro atoms. The summed E-state index contributed by atoms with van der Waals surface area (Å²) in [6, 6.07) is 1.96. The normalized spacial score (nSPS) is 10.8.